The predicted molar refractivity (Wildman–Crippen MR) is 95.3 cm³/mol. The fourth-order valence-corrected chi connectivity index (χ4v) is 3.86. The number of aliphatic hydroxyl groups excluding tert-OH is 1. The normalized spacial score (nSPS) is 17.9. The molecule has 0 saturated carbocycles. The van der Waals surface area contributed by atoms with Crippen LogP contribution in [-0.2, 0) is 6.54 Å². The third-order valence-electron chi connectivity index (χ3n) is 3.97. The zero-order valence-corrected chi connectivity index (χ0v) is 14.2. The van der Waals surface area contributed by atoms with Gasteiger partial charge in [0.2, 0.25) is 0 Å². The number of hydrogen-bond acceptors (Lipinski definition) is 5. The lowest BCUT2D eigenvalue weighted by Gasteiger charge is -2.23. The minimum Gasteiger partial charge on any atom is -0.497 e. The van der Waals surface area contributed by atoms with E-state index in [1.807, 2.05) is 40.7 Å². The molecule has 1 aliphatic rings. The van der Waals surface area contributed by atoms with Gasteiger partial charge in [-0.2, -0.15) is 16.9 Å². The van der Waals surface area contributed by atoms with Crippen molar-refractivity contribution in [2.45, 2.75) is 25.4 Å². The van der Waals surface area contributed by atoms with Gasteiger partial charge >= 0.3 is 0 Å². The lowest BCUT2D eigenvalue weighted by atomic mass is 10.1. The maximum Gasteiger partial charge on any atom is 0.125 e. The molecular formula is C17H23N3O2S. The third-order valence-corrected chi connectivity index (χ3v) is 5.18. The number of ether oxygens (including phenoxy) is 1. The van der Waals surface area contributed by atoms with Crippen molar-refractivity contribution in [1.82, 2.24) is 9.78 Å². The molecule has 2 aromatic rings. The maximum atomic E-state index is 9.30. The van der Waals surface area contributed by atoms with E-state index in [0.717, 1.165) is 28.6 Å². The monoisotopic (exact) mass is 333 g/mol. The average molecular weight is 333 g/mol. The minimum absolute atomic E-state index is 0.0767. The first-order valence-electron chi connectivity index (χ1n) is 7.97. The molecule has 0 radical (unpaired) electrons. The van der Waals surface area contributed by atoms with Crippen molar-refractivity contribution in [2.24, 2.45) is 0 Å². The van der Waals surface area contributed by atoms with E-state index in [-0.39, 0.29) is 6.61 Å². The number of nitrogens with one attached hydrogen (secondary N) is 1. The lowest BCUT2D eigenvalue weighted by molar-refractivity contribution is 0.270. The van der Waals surface area contributed by atoms with Crippen molar-refractivity contribution in [1.29, 1.82) is 0 Å². The zero-order chi connectivity index (χ0) is 16.1. The number of rotatable bonds is 6. The highest BCUT2D eigenvalue weighted by Gasteiger charge is 2.17. The standard InChI is InChI=1S/C17H23N3O2S/c1-22-15-6-2-4-13(10-15)16-11-17(20(19-16)7-8-21)18-14-5-3-9-23-12-14/h2,4,6,10-11,14,18,21H,3,5,7-9,12H2,1H3. The summed E-state index contributed by atoms with van der Waals surface area (Å²) in [6, 6.07) is 10.4. The molecule has 124 valence electrons. The number of nitrogens with zero attached hydrogens (tertiary/aromatic N) is 2. The number of aromatic nitrogens is 2. The highest BCUT2D eigenvalue weighted by molar-refractivity contribution is 7.99. The number of anilines is 1. The summed E-state index contributed by atoms with van der Waals surface area (Å²) in [7, 11) is 1.66. The molecule has 6 heteroatoms. The maximum absolute atomic E-state index is 9.30. The largest absolute Gasteiger partial charge is 0.497 e. The van der Waals surface area contributed by atoms with Crippen LogP contribution >= 0.6 is 11.8 Å². The average Bonchev–Trinajstić information content (AvgIpc) is 2.99. The molecule has 1 unspecified atom stereocenters. The molecule has 0 aliphatic carbocycles. The number of methoxy groups -OCH3 is 1. The Morgan fingerprint density at radius 3 is 3.09 bits per heavy atom. The fourth-order valence-electron chi connectivity index (χ4n) is 2.79. The van der Waals surface area contributed by atoms with Crippen molar-refractivity contribution in [3.05, 3.63) is 30.3 Å². The van der Waals surface area contributed by atoms with Crippen LogP contribution in [0.5, 0.6) is 5.75 Å². The topological polar surface area (TPSA) is 59.3 Å². The number of benzene rings is 1. The molecular weight excluding hydrogens is 310 g/mol. The Kier molecular flexibility index (Phi) is 5.46. The molecule has 1 aromatic carbocycles. The smallest absolute Gasteiger partial charge is 0.125 e. The van der Waals surface area contributed by atoms with Gasteiger partial charge in [-0.3, -0.25) is 0 Å². The van der Waals surface area contributed by atoms with Crippen LogP contribution in [0.15, 0.2) is 30.3 Å². The Labute approximate surface area is 141 Å². The summed E-state index contributed by atoms with van der Waals surface area (Å²) in [6.07, 6.45) is 2.44. The quantitative estimate of drug-likeness (QED) is 0.851. The van der Waals surface area contributed by atoms with Crippen molar-refractivity contribution < 1.29 is 9.84 Å². The second kappa shape index (κ2) is 7.75. The van der Waals surface area contributed by atoms with E-state index in [2.05, 4.69) is 16.5 Å². The molecule has 5 nitrogen and oxygen atoms in total. The predicted octanol–water partition coefficient (Wildman–Crippen LogP) is 2.86. The van der Waals surface area contributed by atoms with Crippen LogP contribution in [0.1, 0.15) is 12.8 Å². The molecule has 0 bridgehead atoms. The van der Waals surface area contributed by atoms with E-state index in [1.165, 1.54) is 18.6 Å². The summed E-state index contributed by atoms with van der Waals surface area (Å²) in [4.78, 5) is 0. The summed E-state index contributed by atoms with van der Waals surface area (Å²) in [6.45, 7) is 0.569. The Morgan fingerprint density at radius 1 is 1.43 bits per heavy atom. The first kappa shape index (κ1) is 16.2. The van der Waals surface area contributed by atoms with Crippen LogP contribution < -0.4 is 10.1 Å². The molecule has 0 spiro atoms. The van der Waals surface area contributed by atoms with Crippen LogP contribution in [0.3, 0.4) is 0 Å². The first-order valence-corrected chi connectivity index (χ1v) is 9.13. The highest BCUT2D eigenvalue weighted by atomic mass is 32.2. The molecule has 1 aromatic heterocycles. The van der Waals surface area contributed by atoms with Crippen LogP contribution in [0, 0.1) is 0 Å². The van der Waals surface area contributed by atoms with Crippen molar-refractivity contribution in [2.75, 3.05) is 30.5 Å². The van der Waals surface area contributed by atoms with Gasteiger partial charge in [-0.15, -0.1) is 0 Å². The van der Waals surface area contributed by atoms with Crippen molar-refractivity contribution in [3.8, 4) is 17.0 Å². The molecule has 2 heterocycles. The number of hydrogen-bond donors (Lipinski definition) is 2. The Balaban J connectivity index is 1.84. The van der Waals surface area contributed by atoms with Gasteiger partial charge in [-0.05, 0) is 30.7 Å². The Morgan fingerprint density at radius 2 is 2.35 bits per heavy atom. The van der Waals surface area contributed by atoms with E-state index < -0.39 is 0 Å². The minimum atomic E-state index is 0.0767. The van der Waals surface area contributed by atoms with Gasteiger partial charge in [-0.25, -0.2) is 4.68 Å². The molecule has 23 heavy (non-hydrogen) atoms. The second-order valence-electron chi connectivity index (χ2n) is 5.65. The van der Waals surface area contributed by atoms with Gasteiger partial charge in [0.05, 0.1) is 26.0 Å². The molecule has 0 amide bonds. The van der Waals surface area contributed by atoms with Gasteiger partial charge in [0.1, 0.15) is 11.6 Å². The highest BCUT2D eigenvalue weighted by Crippen LogP contribution is 2.27. The van der Waals surface area contributed by atoms with Gasteiger partial charge in [0, 0.05) is 23.4 Å². The third kappa shape index (κ3) is 4.00. The van der Waals surface area contributed by atoms with Gasteiger partial charge in [0.25, 0.3) is 0 Å². The van der Waals surface area contributed by atoms with Gasteiger partial charge in [0.15, 0.2) is 0 Å². The fraction of sp³-hybridized carbons (Fsp3) is 0.471. The summed E-state index contributed by atoms with van der Waals surface area (Å²) < 4.78 is 7.14. The van der Waals surface area contributed by atoms with Crippen molar-refractivity contribution in [3.63, 3.8) is 0 Å². The van der Waals surface area contributed by atoms with Crippen LogP contribution in [0.2, 0.25) is 0 Å². The van der Waals surface area contributed by atoms with Crippen LogP contribution in [-0.4, -0.2) is 46.2 Å². The van der Waals surface area contributed by atoms with Gasteiger partial charge in [-0.1, -0.05) is 12.1 Å². The molecule has 1 fully saturated rings. The van der Waals surface area contributed by atoms with Crippen molar-refractivity contribution >= 4 is 17.6 Å². The molecule has 1 aliphatic heterocycles. The second-order valence-corrected chi connectivity index (χ2v) is 6.80. The molecule has 2 N–H and O–H groups in total. The van der Waals surface area contributed by atoms with E-state index in [0.29, 0.717) is 12.6 Å². The van der Waals surface area contributed by atoms with E-state index in [1.54, 1.807) is 7.11 Å². The summed E-state index contributed by atoms with van der Waals surface area (Å²) in [5.41, 5.74) is 1.91. The van der Waals surface area contributed by atoms with Crippen LogP contribution in [0.25, 0.3) is 11.3 Å². The lowest BCUT2D eigenvalue weighted by Crippen LogP contribution is -2.27. The van der Waals surface area contributed by atoms with Gasteiger partial charge < -0.3 is 15.2 Å². The Hall–Kier alpha value is -1.66. The number of aliphatic hydroxyl groups is 1. The molecule has 3 rings (SSSR count). The summed E-state index contributed by atoms with van der Waals surface area (Å²) >= 11 is 1.99. The van der Waals surface area contributed by atoms with E-state index >= 15 is 0 Å². The molecule has 1 atom stereocenters. The van der Waals surface area contributed by atoms with E-state index in [4.69, 9.17) is 4.74 Å². The summed E-state index contributed by atoms with van der Waals surface area (Å²) in [5, 5.41) is 17.5. The zero-order valence-electron chi connectivity index (χ0n) is 13.4. The SMILES string of the molecule is COc1cccc(-c2cc(NC3CCCSC3)n(CCO)n2)c1. The Bertz CT molecular complexity index is 639. The first-order chi connectivity index (χ1) is 11.3. The molecule has 1 saturated heterocycles. The van der Waals surface area contributed by atoms with Crippen LogP contribution in [0.4, 0.5) is 5.82 Å². The van der Waals surface area contributed by atoms with E-state index in [9.17, 15) is 5.11 Å². The summed E-state index contributed by atoms with van der Waals surface area (Å²) in [5.74, 6) is 4.17. The number of thioether (sulfide) groups is 1.